The lowest BCUT2D eigenvalue weighted by atomic mass is 10.1. The highest BCUT2D eigenvalue weighted by Crippen LogP contribution is 2.33. The van der Waals surface area contributed by atoms with Crippen LogP contribution in [-0.4, -0.2) is 234 Å². The number of pyridine rings is 1. The number of hydrogen-bond donors (Lipinski definition) is 10. The number of carbonyl (C=O) groups excluding carboxylic acids is 6. The average Bonchev–Trinajstić information content (AvgIpc) is 3.37. The molecule has 1 fully saturated rings. The maximum Gasteiger partial charge on any atom is 0.323 e. The molecule has 2 atom stereocenters. The minimum absolute atomic E-state index is 0.0175. The summed E-state index contributed by atoms with van der Waals surface area (Å²) in [5, 5.41) is 20.7. The predicted molar refractivity (Wildman–Crippen MR) is 301 cm³/mol. The third kappa shape index (κ3) is 20.4. The SMILES string of the molecule is COC(=O)CN1CCN(CC(=O)N[C@@H](CS(O)(O)O)C(=O)NCCCn2cc(C(=O)NC[C@H](NS(=O)(=O)c3c(C)cc(C)cc3C)C(=O)O)c(=O)c3ccc(CNc4ncc[nH]4)cc32)CCN(CC(=O)OC)CCN(CC(=O)OC)CC1. The van der Waals surface area contributed by atoms with Crippen LogP contribution in [0.1, 0.15) is 39.0 Å². The molecule has 3 amide bonds. The standard InChI is InChI=1S/C51H74N12O17S2/c1-33-22-34(2)47(35(3)23-33)82(76,77)58-39(50(71)72)26-55-48(69)38-27-63(41-24-36(8-9-37(41)46(38)68)25-56-51-53-11-12-54-51)13-7-10-52-49(70)40(32-81(73,74)75)57-42(64)28-59-14-16-60(29-43(65)78-4)18-20-62(31-45(67)80-6)21-19-61(17-15-59)30-44(66)79-5/h8-9,11-12,22-24,27,39-40,58,73-75H,7,10,13-21,25-26,28-32H2,1-6H3,(H,52,70)(H,55,69)(H,57,64)(H,71,72)(H2,53,54,56)/t39-,40-/m0/s1. The van der Waals surface area contributed by atoms with Gasteiger partial charge in [0.1, 0.15) is 17.6 Å². The Kier molecular flexibility index (Phi) is 24.7. The Morgan fingerprint density at radius 2 is 1.28 bits per heavy atom. The Bertz CT molecular complexity index is 3010. The van der Waals surface area contributed by atoms with Crippen molar-refractivity contribution in [3.05, 3.63) is 87.0 Å². The Morgan fingerprint density at radius 3 is 1.77 bits per heavy atom. The second-order valence-corrected chi connectivity index (χ2v) is 22.8. The van der Waals surface area contributed by atoms with Gasteiger partial charge in [-0.15, -0.1) is 0 Å². The summed E-state index contributed by atoms with van der Waals surface area (Å²) in [6.07, 6.45) is 4.51. The van der Waals surface area contributed by atoms with E-state index in [0.29, 0.717) is 41.2 Å². The number of hydrogen-bond acceptors (Lipinski definition) is 22. The lowest BCUT2D eigenvalue weighted by molar-refractivity contribution is -0.144. The number of carboxylic acids is 1. The molecule has 0 saturated carbocycles. The Labute approximate surface area is 475 Å². The van der Waals surface area contributed by atoms with Gasteiger partial charge in [0, 0.05) is 103 Å². The number of methoxy groups -OCH3 is 3. The van der Waals surface area contributed by atoms with E-state index >= 15 is 0 Å². The number of aliphatic carboxylic acids is 1. The number of imidazole rings is 1. The second-order valence-electron chi connectivity index (χ2n) is 19.6. The maximum atomic E-state index is 14.0. The molecule has 0 bridgehead atoms. The molecule has 31 heteroatoms. The fourth-order valence-electron chi connectivity index (χ4n) is 9.13. The number of carbonyl (C=O) groups is 7. The number of aromatic amines is 1. The normalized spacial score (nSPS) is 15.5. The molecular formula is C51H74N12O17S2. The van der Waals surface area contributed by atoms with Crippen molar-refractivity contribution in [2.75, 3.05) is 124 Å². The van der Waals surface area contributed by atoms with Gasteiger partial charge in [-0.3, -0.25) is 58.0 Å². The van der Waals surface area contributed by atoms with E-state index in [1.807, 2.05) is 4.90 Å². The number of amides is 3. The highest BCUT2D eigenvalue weighted by molar-refractivity contribution is 8.19. The largest absolute Gasteiger partial charge is 0.480 e. The van der Waals surface area contributed by atoms with Crippen LogP contribution < -0.4 is 31.4 Å². The summed E-state index contributed by atoms with van der Waals surface area (Å²) >= 11 is 0. The Morgan fingerprint density at radius 1 is 0.744 bits per heavy atom. The van der Waals surface area contributed by atoms with Crippen LogP contribution in [0.5, 0.6) is 0 Å². The second kappa shape index (κ2) is 30.8. The fraction of sp³-hybridized carbons (Fsp3) is 0.510. The van der Waals surface area contributed by atoms with Crippen molar-refractivity contribution >= 4 is 79.3 Å². The molecule has 3 heterocycles. The third-order valence-electron chi connectivity index (χ3n) is 13.2. The summed E-state index contributed by atoms with van der Waals surface area (Å²) in [7, 11) is -5.05. The molecule has 1 aliphatic heterocycles. The summed E-state index contributed by atoms with van der Waals surface area (Å²) in [6.45, 7) is 5.63. The van der Waals surface area contributed by atoms with E-state index in [9.17, 15) is 65.5 Å². The first-order chi connectivity index (χ1) is 38.8. The number of ether oxygens (including phenoxy) is 3. The smallest absolute Gasteiger partial charge is 0.323 e. The quantitative estimate of drug-likeness (QED) is 0.0213. The van der Waals surface area contributed by atoms with Gasteiger partial charge in [-0.2, -0.15) is 4.72 Å². The number of esters is 3. The predicted octanol–water partition coefficient (Wildman–Crippen LogP) is -0.621. The van der Waals surface area contributed by atoms with E-state index in [2.05, 4.69) is 36.0 Å². The van der Waals surface area contributed by atoms with Crippen molar-refractivity contribution in [2.45, 2.75) is 57.3 Å². The lowest BCUT2D eigenvalue weighted by Gasteiger charge is -2.33. The van der Waals surface area contributed by atoms with Gasteiger partial charge in [0.05, 0.1) is 74.5 Å². The van der Waals surface area contributed by atoms with E-state index < -0.39 is 97.9 Å². The number of H-pyrrole nitrogens is 1. The molecule has 2 aromatic carbocycles. The molecule has 10 N–H and O–H groups in total. The van der Waals surface area contributed by atoms with Crippen molar-refractivity contribution in [3.8, 4) is 0 Å². The van der Waals surface area contributed by atoms with Gasteiger partial charge < -0.3 is 63.8 Å². The number of carboxylic acid groups (broad SMARTS) is 1. The lowest BCUT2D eigenvalue weighted by Crippen LogP contribution is -2.53. The fourth-order valence-corrected chi connectivity index (χ4v) is 11.5. The highest BCUT2D eigenvalue weighted by atomic mass is 32.3. The zero-order valence-corrected chi connectivity index (χ0v) is 48.2. The molecule has 0 aliphatic carbocycles. The zero-order valence-electron chi connectivity index (χ0n) is 46.6. The number of rotatable bonds is 26. The molecule has 5 rings (SSSR count). The van der Waals surface area contributed by atoms with Gasteiger partial charge in [0.2, 0.25) is 27.3 Å². The van der Waals surface area contributed by atoms with Gasteiger partial charge in [-0.05, 0) is 56.0 Å². The molecule has 452 valence electrons. The van der Waals surface area contributed by atoms with Gasteiger partial charge in [0.15, 0.2) is 5.95 Å². The van der Waals surface area contributed by atoms with Crippen LogP contribution in [0.15, 0.2) is 58.6 Å². The van der Waals surface area contributed by atoms with Crippen LogP contribution in [0, 0.1) is 20.8 Å². The first-order valence-corrected chi connectivity index (χ1v) is 29.1. The van der Waals surface area contributed by atoms with Crippen LogP contribution in [0.2, 0.25) is 0 Å². The number of nitrogens with zero attached hydrogens (tertiary/aromatic N) is 6. The molecule has 4 aromatic rings. The summed E-state index contributed by atoms with van der Waals surface area (Å²) in [4.78, 5) is 119. The average molecular weight is 1190 g/mol. The van der Waals surface area contributed by atoms with E-state index in [0.717, 1.165) is 5.56 Å². The molecule has 1 aliphatic rings. The minimum Gasteiger partial charge on any atom is -0.480 e. The van der Waals surface area contributed by atoms with Crippen LogP contribution in [0.3, 0.4) is 0 Å². The van der Waals surface area contributed by atoms with Crippen LogP contribution >= 0.6 is 10.9 Å². The van der Waals surface area contributed by atoms with Crippen molar-refractivity contribution < 1.29 is 75.0 Å². The number of aromatic nitrogens is 3. The van der Waals surface area contributed by atoms with Crippen molar-refractivity contribution in [1.29, 1.82) is 0 Å². The first-order valence-electron chi connectivity index (χ1n) is 25.9. The number of aryl methyl sites for hydroxylation is 4. The Hall–Kier alpha value is -7.07. The molecule has 29 nitrogen and oxygen atoms in total. The van der Waals surface area contributed by atoms with Gasteiger partial charge in [0.25, 0.3) is 5.91 Å². The molecule has 82 heavy (non-hydrogen) atoms. The van der Waals surface area contributed by atoms with E-state index in [-0.39, 0.29) is 102 Å². The number of fused-ring (bicyclic) bond motifs is 1. The summed E-state index contributed by atoms with van der Waals surface area (Å²) in [5.74, 6) is -6.33. The molecule has 0 spiro atoms. The monoisotopic (exact) mass is 1190 g/mol. The van der Waals surface area contributed by atoms with Gasteiger partial charge >= 0.3 is 23.9 Å². The molecular weight excluding hydrogens is 1120 g/mol. The molecule has 0 unspecified atom stereocenters. The van der Waals surface area contributed by atoms with Crippen LogP contribution in [0.25, 0.3) is 10.9 Å². The van der Waals surface area contributed by atoms with Crippen molar-refractivity contribution in [3.63, 3.8) is 0 Å². The highest BCUT2D eigenvalue weighted by Gasteiger charge is 2.31. The first kappa shape index (κ1) is 65.7. The molecule has 0 radical (unpaired) electrons. The molecule has 1 saturated heterocycles. The number of benzene rings is 2. The maximum absolute atomic E-state index is 14.0. The van der Waals surface area contributed by atoms with E-state index in [1.54, 1.807) is 76.7 Å². The Balaban J connectivity index is 1.32. The number of nitrogens with one attached hydrogen (secondary N) is 6. The van der Waals surface area contributed by atoms with Crippen molar-refractivity contribution in [1.82, 2.24) is 54.8 Å². The minimum atomic E-state index is -4.41. The topological polar surface area (TPSA) is 386 Å². The zero-order chi connectivity index (χ0) is 60.3. The number of anilines is 1. The van der Waals surface area contributed by atoms with Crippen molar-refractivity contribution in [2.24, 2.45) is 0 Å². The van der Waals surface area contributed by atoms with Crippen LogP contribution in [-0.2, 0) is 66.1 Å². The summed E-state index contributed by atoms with van der Waals surface area (Å²) < 4.78 is 75.8. The summed E-state index contributed by atoms with van der Waals surface area (Å²) in [5.41, 5.74) is 1.46. The summed E-state index contributed by atoms with van der Waals surface area (Å²) in [6, 6.07) is 4.59. The van der Waals surface area contributed by atoms with Gasteiger partial charge in [-0.1, -0.05) is 23.8 Å². The van der Waals surface area contributed by atoms with Gasteiger partial charge in [-0.25, -0.2) is 13.4 Å². The van der Waals surface area contributed by atoms with E-state index in [4.69, 9.17) is 14.2 Å². The third-order valence-corrected chi connectivity index (χ3v) is 15.8. The number of sulfonamides is 1. The van der Waals surface area contributed by atoms with Crippen LogP contribution in [0.4, 0.5) is 5.95 Å². The van der Waals surface area contributed by atoms with E-state index in [1.165, 1.54) is 33.6 Å². The molecule has 2 aromatic heterocycles.